The molecule has 0 atom stereocenters. The van der Waals surface area contributed by atoms with Gasteiger partial charge in [-0.05, 0) is 61.7 Å². The number of phenols is 1. The van der Waals surface area contributed by atoms with Crippen LogP contribution in [0.1, 0.15) is 53.3 Å². The van der Waals surface area contributed by atoms with Crippen molar-refractivity contribution in [1.29, 1.82) is 0 Å². The molecule has 0 aromatic heterocycles. The van der Waals surface area contributed by atoms with Crippen LogP contribution in [0.5, 0.6) is 5.75 Å². The standard InChI is InChI=1S/C31H28N2O7/c1-2-3-14-32-28(36)7-5-4-6-15-33-30(37)19-8-11-22(25(16-19)31(38)39)29-23-12-9-20(34)17-26(23)40-27-18-21(35)10-13-24(27)29/h8-13,16-18,34H,4-7,14-15H2,1H3,(H,32,36)(H,33,37)(H,38,39). The summed E-state index contributed by atoms with van der Waals surface area (Å²) in [5.41, 5.74) is 1.44. The largest absolute Gasteiger partial charge is 0.508 e. The fourth-order valence-corrected chi connectivity index (χ4v) is 4.44. The molecule has 1 heterocycles. The van der Waals surface area contributed by atoms with Gasteiger partial charge >= 0.3 is 5.97 Å². The molecule has 2 aliphatic rings. The first-order valence-electron chi connectivity index (χ1n) is 12.8. The minimum atomic E-state index is -1.23. The van der Waals surface area contributed by atoms with Crippen LogP contribution in [0.3, 0.4) is 0 Å². The number of carbonyl (C=O) groups is 3. The van der Waals surface area contributed by atoms with Crippen LogP contribution in [-0.2, 0) is 4.79 Å². The molecule has 40 heavy (non-hydrogen) atoms. The number of hydrogen-bond donors (Lipinski definition) is 4. The molecule has 204 valence electrons. The molecule has 0 saturated carbocycles. The fraction of sp³-hybridized carbons (Fsp3) is 0.226. The Morgan fingerprint density at radius 2 is 1.73 bits per heavy atom. The van der Waals surface area contributed by atoms with E-state index in [9.17, 15) is 29.4 Å². The van der Waals surface area contributed by atoms with Crippen molar-refractivity contribution >= 4 is 28.8 Å². The number of carbonyl (C=O) groups excluding carboxylic acids is 2. The average Bonchev–Trinajstić information content (AvgIpc) is 2.93. The summed E-state index contributed by atoms with van der Waals surface area (Å²) in [5, 5.41) is 26.1. The van der Waals surface area contributed by atoms with Crippen molar-refractivity contribution < 1.29 is 29.0 Å². The van der Waals surface area contributed by atoms with Gasteiger partial charge in [0.05, 0.1) is 12.1 Å². The molecular weight excluding hydrogens is 512 g/mol. The van der Waals surface area contributed by atoms with Gasteiger partial charge in [-0.3, -0.25) is 14.4 Å². The maximum atomic E-state index is 12.8. The van der Waals surface area contributed by atoms with E-state index >= 15 is 0 Å². The third-order valence-corrected chi connectivity index (χ3v) is 6.38. The van der Waals surface area contributed by atoms with Gasteiger partial charge in [0, 0.05) is 47.2 Å². The molecule has 0 bridgehead atoms. The van der Waals surface area contributed by atoms with Gasteiger partial charge in [0.25, 0.3) is 5.91 Å². The third kappa shape index (κ3) is 6.48. The first-order chi connectivity index (χ1) is 19.3. The Hall–Kier alpha value is -5.10. The van der Waals surface area contributed by atoms with E-state index in [0.29, 0.717) is 54.4 Å². The molecule has 0 fully saturated rings. The Balaban J connectivity index is 1.53. The molecule has 0 unspecified atom stereocenters. The molecule has 0 spiro atoms. The lowest BCUT2D eigenvalue weighted by molar-refractivity contribution is -0.120. The zero-order valence-corrected chi connectivity index (χ0v) is 21.9. The third-order valence-electron chi connectivity index (χ3n) is 6.38. The van der Waals surface area contributed by atoms with Gasteiger partial charge in [-0.2, -0.15) is 0 Å². The van der Waals surface area contributed by atoms with Crippen LogP contribution in [0, 0.1) is 11.8 Å². The molecule has 2 amide bonds. The van der Waals surface area contributed by atoms with Gasteiger partial charge in [-0.15, -0.1) is 5.92 Å². The van der Waals surface area contributed by atoms with Crippen molar-refractivity contribution in [1.82, 2.24) is 10.6 Å². The Morgan fingerprint density at radius 1 is 0.925 bits per heavy atom. The number of aromatic carboxylic acids is 1. The zero-order chi connectivity index (χ0) is 28.6. The van der Waals surface area contributed by atoms with E-state index in [-0.39, 0.29) is 39.6 Å². The highest BCUT2D eigenvalue weighted by Gasteiger charge is 2.23. The molecule has 1 aliphatic heterocycles. The number of unbranched alkanes of at least 4 members (excludes halogenated alkanes) is 2. The van der Waals surface area contributed by atoms with E-state index in [4.69, 9.17) is 4.42 Å². The van der Waals surface area contributed by atoms with E-state index in [1.54, 1.807) is 31.2 Å². The molecule has 0 radical (unpaired) electrons. The summed E-state index contributed by atoms with van der Waals surface area (Å²) in [4.78, 5) is 48.8. The summed E-state index contributed by atoms with van der Waals surface area (Å²) < 4.78 is 5.84. The second-order valence-electron chi connectivity index (χ2n) is 9.15. The summed E-state index contributed by atoms with van der Waals surface area (Å²) >= 11 is 0. The van der Waals surface area contributed by atoms with Crippen molar-refractivity contribution in [2.75, 3.05) is 13.1 Å². The monoisotopic (exact) mass is 540 g/mol. The topological polar surface area (TPSA) is 146 Å². The Morgan fingerprint density at radius 3 is 2.50 bits per heavy atom. The molecule has 1 aliphatic carbocycles. The number of rotatable bonds is 10. The first kappa shape index (κ1) is 27.9. The molecule has 4 N–H and O–H groups in total. The molecule has 0 saturated heterocycles. The van der Waals surface area contributed by atoms with E-state index < -0.39 is 11.9 Å². The Bertz CT molecular complexity index is 1680. The number of carboxylic acid groups (broad SMARTS) is 1. The van der Waals surface area contributed by atoms with Crippen molar-refractivity contribution in [2.45, 2.75) is 32.6 Å². The molecule has 9 nitrogen and oxygen atoms in total. The predicted molar refractivity (Wildman–Crippen MR) is 150 cm³/mol. The number of phenolic OH excluding ortho intramolecular Hbond substituents is 1. The maximum absolute atomic E-state index is 12.8. The van der Waals surface area contributed by atoms with Crippen molar-refractivity contribution in [3.8, 4) is 40.0 Å². The minimum Gasteiger partial charge on any atom is -0.508 e. The number of amides is 2. The molecule has 2 aromatic rings. The Kier molecular flexibility index (Phi) is 8.82. The summed E-state index contributed by atoms with van der Waals surface area (Å²) in [6, 6.07) is 13.1. The minimum absolute atomic E-state index is 0.0459. The van der Waals surface area contributed by atoms with E-state index in [0.717, 1.165) is 6.42 Å². The highest BCUT2D eigenvalue weighted by molar-refractivity contribution is 6.09. The summed E-state index contributed by atoms with van der Waals surface area (Å²) in [6.45, 7) is 2.42. The number of hydrogen-bond acceptors (Lipinski definition) is 6. The number of nitrogens with one attached hydrogen (secondary N) is 2. The lowest BCUT2D eigenvalue weighted by Gasteiger charge is -2.17. The average molecular weight is 541 g/mol. The molecule has 2 aromatic carbocycles. The molecule has 4 rings (SSSR count). The van der Waals surface area contributed by atoms with E-state index in [1.807, 2.05) is 0 Å². The van der Waals surface area contributed by atoms with Crippen molar-refractivity contribution in [3.63, 3.8) is 0 Å². The quantitative estimate of drug-likeness (QED) is 0.132. The van der Waals surface area contributed by atoms with Gasteiger partial charge in [-0.1, -0.05) is 18.4 Å². The van der Waals surface area contributed by atoms with Crippen LogP contribution >= 0.6 is 0 Å². The van der Waals surface area contributed by atoms with Gasteiger partial charge in [0.1, 0.15) is 17.1 Å². The van der Waals surface area contributed by atoms with Gasteiger partial charge in [0.2, 0.25) is 5.91 Å². The summed E-state index contributed by atoms with van der Waals surface area (Å²) in [7, 11) is 0. The lowest BCUT2D eigenvalue weighted by Crippen LogP contribution is -2.25. The summed E-state index contributed by atoms with van der Waals surface area (Å²) in [6.07, 6.45) is 2.47. The number of benzene rings is 3. The zero-order valence-electron chi connectivity index (χ0n) is 21.9. The van der Waals surface area contributed by atoms with E-state index in [2.05, 4.69) is 22.5 Å². The summed E-state index contributed by atoms with van der Waals surface area (Å²) in [5.74, 6) is 3.97. The predicted octanol–water partition coefficient (Wildman–Crippen LogP) is 4.40. The van der Waals surface area contributed by atoms with E-state index in [1.165, 1.54) is 30.3 Å². The fourth-order valence-electron chi connectivity index (χ4n) is 4.44. The second kappa shape index (κ2) is 12.6. The first-order valence-corrected chi connectivity index (χ1v) is 12.8. The van der Waals surface area contributed by atoms with Crippen LogP contribution in [0.2, 0.25) is 0 Å². The van der Waals surface area contributed by atoms with Crippen LogP contribution in [0.25, 0.3) is 33.4 Å². The Labute approximate surface area is 230 Å². The van der Waals surface area contributed by atoms with Crippen molar-refractivity contribution in [2.24, 2.45) is 0 Å². The SMILES string of the molecule is CC#CCNC(=O)CCCCCNC(=O)c1ccc(-c2c3ccc(=O)cc-3oc3cc(O)ccc23)c(C(=O)O)c1. The number of carboxylic acids is 1. The maximum Gasteiger partial charge on any atom is 0.336 e. The normalized spacial score (nSPS) is 10.6. The van der Waals surface area contributed by atoms with Gasteiger partial charge < -0.3 is 25.3 Å². The molecule has 9 heteroatoms. The van der Waals surface area contributed by atoms with Gasteiger partial charge in [-0.25, -0.2) is 4.79 Å². The van der Waals surface area contributed by atoms with Crippen LogP contribution in [0.15, 0.2) is 63.8 Å². The number of fused-ring (bicyclic) bond motifs is 2. The van der Waals surface area contributed by atoms with Gasteiger partial charge in [0.15, 0.2) is 5.43 Å². The highest BCUT2D eigenvalue weighted by Crippen LogP contribution is 2.42. The van der Waals surface area contributed by atoms with Crippen LogP contribution in [-0.4, -0.2) is 41.1 Å². The highest BCUT2D eigenvalue weighted by atomic mass is 16.4. The smallest absolute Gasteiger partial charge is 0.336 e. The van der Waals surface area contributed by atoms with Crippen LogP contribution < -0.4 is 16.1 Å². The number of aromatic hydroxyl groups is 1. The lowest BCUT2D eigenvalue weighted by atomic mass is 9.90. The van der Waals surface area contributed by atoms with Crippen LogP contribution in [0.4, 0.5) is 0 Å². The molecular formula is C31H28N2O7. The van der Waals surface area contributed by atoms with Crippen molar-refractivity contribution in [3.05, 3.63) is 75.9 Å². The second-order valence-corrected chi connectivity index (χ2v) is 9.15.